The van der Waals surface area contributed by atoms with Gasteiger partial charge in [0.05, 0.1) is 31.2 Å². The highest BCUT2D eigenvalue weighted by Crippen LogP contribution is 2.20. The number of hydrogen-bond acceptors (Lipinski definition) is 6. The Bertz CT molecular complexity index is 628. The van der Waals surface area contributed by atoms with Gasteiger partial charge in [0.1, 0.15) is 5.52 Å². The van der Waals surface area contributed by atoms with Crippen LogP contribution in [0.5, 0.6) is 0 Å². The molecule has 1 aromatic heterocycles. The van der Waals surface area contributed by atoms with Crippen molar-refractivity contribution in [3.05, 3.63) is 18.2 Å². The topological polar surface area (TPSA) is 112 Å². The Morgan fingerprint density at radius 1 is 1.48 bits per heavy atom. The van der Waals surface area contributed by atoms with Gasteiger partial charge in [-0.2, -0.15) is 0 Å². The zero-order chi connectivity index (χ0) is 15.4. The molecule has 0 aliphatic rings. The Hall–Kier alpha value is -2.19. The van der Waals surface area contributed by atoms with Gasteiger partial charge in [0.2, 0.25) is 0 Å². The third-order valence-corrected chi connectivity index (χ3v) is 3.19. The van der Waals surface area contributed by atoms with E-state index in [2.05, 4.69) is 10.3 Å². The molecular formula is C13H18N4O4. The smallest absolute Gasteiger partial charge is 0.305 e. The summed E-state index contributed by atoms with van der Waals surface area (Å²) in [5.74, 6) is -0.841. The highest BCUT2D eigenvalue weighted by molar-refractivity contribution is 5.79. The molecule has 114 valence electrons. The summed E-state index contributed by atoms with van der Waals surface area (Å²) in [5.41, 5.74) is 2.25. The van der Waals surface area contributed by atoms with Crippen LogP contribution in [-0.2, 0) is 11.3 Å². The molecule has 2 rings (SSSR count). The number of aliphatic carboxylic acids is 1. The zero-order valence-corrected chi connectivity index (χ0v) is 11.7. The predicted molar refractivity (Wildman–Crippen MR) is 76.1 cm³/mol. The lowest BCUT2D eigenvalue weighted by atomic mass is 10.2. The molecule has 1 atom stereocenters. The second-order valence-corrected chi connectivity index (χ2v) is 4.85. The molecule has 1 aromatic carbocycles. The van der Waals surface area contributed by atoms with Crippen LogP contribution in [0.2, 0.25) is 0 Å². The molecule has 0 aliphatic carbocycles. The van der Waals surface area contributed by atoms with Crippen molar-refractivity contribution in [2.75, 3.05) is 25.1 Å². The van der Waals surface area contributed by atoms with E-state index in [0.717, 1.165) is 11.2 Å². The third-order valence-electron chi connectivity index (χ3n) is 3.19. The molecule has 8 heteroatoms. The van der Waals surface area contributed by atoms with E-state index in [4.69, 9.17) is 10.2 Å². The van der Waals surface area contributed by atoms with Gasteiger partial charge < -0.3 is 20.2 Å². The van der Waals surface area contributed by atoms with E-state index in [1.165, 1.54) is 4.68 Å². The fourth-order valence-electron chi connectivity index (χ4n) is 1.98. The van der Waals surface area contributed by atoms with E-state index in [9.17, 15) is 9.90 Å². The Kier molecular flexibility index (Phi) is 4.71. The summed E-state index contributed by atoms with van der Waals surface area (Å²) in [6.45, 7) is 0.233. The summed E-state index contributed by atoms with van der Waals surface area (Å²) >= 11 is 0. The average Bonchev–Trinajstić information content (AvgIpc) is 2.86. The van der Waals surface area contributed by atoms with Gasteiger partial charge in [-0.1, -0.05) is 5.21 Å². The van der Waals surface area contributed by atoms with Crippen molar-refractivity contribution in [1.29, 1.82) is 0 Å². The molecule has 0 saturated heterocycles. The number of aliphatic hydroxyl groups is 2. The maximum absolute atomic E-state index is 10.6. The Balaban J connectivity index is 2.17. The number of aliphatic hydroxyl groups excluding tert-OH is 2. The fourth-order valence-corrected chi connectivity index (χ4v) is 1.98. The number of nitrogens with zero attached hydrogens (tertiary/aromatic N) is 4. The van der Waals surface area contributed by atoms with Crippen LogP contribution in [0.3, 0.4) is 0 Å². The van der Waals surface area contributed by atoms with E-state index < -0.39 is 12.1 Å². The predicted octanol–water partition coefficient (Wildman–Crippen LogP) is -0.305. The molecule has 0 amide bonds. The standard InChI is InChI=1S/C13H18N4O4/c1-16(5-4-13(20)21)9-2-3-12-11(6-9)14-15-17(12)7-10(19)8-18/h2-3,6,10,18-19H,4-5,7-8H2,1H3,(H,20,21). The van der Waals surface area contributed by atoms with Crippen molar-refractivity contribution in [3.8, 4) is 0 Å². The normalized spacial score (nSPS) is 12.5. The van der Waals surface area contributed by atoms with E-state index >= 15 is 0 Å². The molecule has 0 saturated carbocycles. The summed E-state index contributed by atoms with van der Waals surface area (Å²) in [4.78, 5) is 12.4. The summed E-state index contributed by atoms with van der Waals surface area (Å²) in [7, 11) is 1.81. The maximum Gasteiger partial charge on any atom is 0.305 e. The van der Waals surface area contributed by atoms with E-state index in [1.807, 2.05) is 30.1 Å². The van der Waals surface area contributed by atoms with Gasteiger partial charge in [-0.25, -0.2) is 4.68 Å². The first-order chi connectivity index (χ1) is 10.0. The molecule has 3 N–H and O–H groups in total. The average molecular weight is 294 g/mol. The van der Waals surface area contributed by atoms with Crippen molar-refractivity contribution in [3.63, 3.8) is 0 Å². The van der Waals surface area contributed by atoms with Crippen LogP contribution >= 0.6 is 0 Å². The fraction of sp³-hybridized carbons (Fsp3) is 0.462. The van der Waals surface area contributed by atoms with Crippen LogP contribution in [0.25, 0.3) is 11.0 Å². The molecule has 1 unspecified atom stereocenters. The summed E-state index contributed by atoms with van der Waals surface area (Å²) < 4.78 is 1.53. The third kappa shape index (κ3) is 3.67. The number of benzene rings is 1. The number of hydrogen-bond donors (Lipinski definition) is 3. The van der Waals surface area contributed by atoms with Crippen molar-refractivity contribution >= 4 is 22.7 Å². The molecule has 0 bridgehead atoms. The molecule has 1 heterocycles. The van der Waals surface area contributed by atoms with E-state index in [-0.39, 0.29) is 19.6 Å². The largest absolute Gasteiger partial charge is 0.481 e. The first kappa shape index (κ1) is 15.2. The number of anilines is 1. The zero-order valence-electron chi connectivity index (χ0n) is 11.7. The van der Waals surface area contributed by atoms with E-state index in [0.29, 0.717) is 12.1 Å². The van der Waals surface area contributed by atoms with Crippen LogP contribution < -0.4 is 4.90 Å². The van der Waals surface area contributed by atoms with E-state index in [1.54, 1.807) is 0 Å². The number of carboxylic acid groups (broad SMARTS) is 1. The number of carboxylic acids is 1. The molecule has 8 nitrogen and oxygen atoms in total. The summed E-state index contributed by atoms with van der Waals surface area (Å²) in [6.07, 6.45) is -0.822. The van der Waals surface area contributed by atoms with Crippen LogP contribution in [0.15, 0.2) is 18.2 Å². The SMILES string of the molecule is CN(CCC(=O)O)c1ccc2c(c1)nnn2CC(O)CO. The quantitative estimate of drug-likeness (QED) is 0.642. The molecule has 0 radical (unpaired) electrons. The Labute approximate surface area is 121 Å². The maximum atomic E-state index is 10.6. The van der Waals surface area contributed by atoms with Crippen LogP contribution in [-0.4, -0.2) is 62.6 Å². The highest BCUT2D eigenvalue weighted by atomic mass is 16.4. The van der Waals surface area contributed by atoms with Gasteiger partial charge in [0.25, 0.3) is 0 Å². The van der Waals surface area contributed by atoms with Gasteiger partial charge in [0.15, 0.2) is 0 Å². The van der Waals surface area contributed by atoms with Crippen LogP contribution in [0, 0.1) is 0 Å². The van der Waals surface area contributed by atoms with Gasteiger partial charge >= 0.3 is 5.97 Å². The highest BCUT2D eigenvalue weighted by Gasteiger charge is 2.11. The first-order valence-corrected chi connectivity index (χ1v) is 6.56. The van der Waals surface area contributed by atoms with Gasteiger partial charge in [0, 0.05) is 19.3 Å². The second-order valence-electron chi connectivity index (χ2n) is 4.85. The van der Waals surface area contributed by atoms with Gasteiger partial charge in [-0.15, -0.1) is 5.10 Å². The molecular weight excluding hydrogens is 276 g/mol. The van der Waals surface area contributed by atoms with Gasteiger partial charge in [-0.05, 0) is 18.2 Å². The number of fused-ring (bicyclic) bond motifs is 1. The number of carbonyl (C=O) groups is 1. The number of aromatic nitrogens is 3. The lowest BCUT2D eigenvalue weighted by Crippen LogP contribution is -2.21. The van der Waals surface area contributed by atoms with Crippen LogP contribution in [0.4, 0.5) is 5.69 Å². The minimum absolute atomic E-state index is 0.0594. The Morgan fingerprint density at radius 2 is 2.24 bits per heavy atom. The van der Waals surface area contributed by atoms with Crippen molar-refractivity contribution < 1.29 is 20.1 Å². The minimum Gasteiger partial charge on any atom is -0.481 e. The molecule has 21 heavy (non-hydrogen) atoms. The summed E-state index contributed by atoms with van der Waals surface area (Å²) in [6, 6.07) is 5.47. The van der Waals surface area contributed by atoms with Crippen molar-refractivity contribution in [2.45, 2.75) is 19.1 Å². The monoisotopic (exact) mass is 294 g/mol. The molecule has 2 aromatic rings. The minimum atomic E-state index is -0.882. The Morgan fingerprint density at radius 3 is 2.90 bits per heavy atom. The van der Waals surface area contributed by atoms with Crippen molar-refractivity contribution in [2.24, 2.45) is 0 Å². The first-order valence-electron chi connectivity index (χ1n) is 6.56. The molecule has 0 spiro atoms. The van der Waals surface area contributed by atoms with Crippen molar-refractivity contribution in [1.82, 2.24) is 15.0 Å². The summed E-state index contributed by atoms with van der Waals surface area (Å²) in [5, 5.41) is 35.0. The second kappa shape index (κ2) is 6.51. The van der Waals surface area contributed by atoms with Crippen LogP contribution in [0.1, 0.15) is 6.42 Å². The number of rotatable bonds is 7. The lowest BCUT2D eigenvalue weighted by molar-refractivity contribution is -0.136. The van der Waals surface area contributed by atoms with Gasteiger partial charge in [-0.3, -0.25) is 4.79 Å². The molecule has 0 fully saturated rings. The molecule has 0 aliphatic heterocycles. The lowest BCUT2D eigenvalue weighted by Gasteiger charge is -2.18.